The number of rotatable bonds is 2. The zero-order valence-corrected chi connectivity index (χ0v) is 22.8. The Bertz CT molecular complexity index is 784. The van der Waals surface area contributed by atoms with Gasteiger partial charge in [-0.3, -0.25) is 0 Å². The van der Waals surface area contributed by atoms with Gasteiger partial charge in [0.2, 0.25) is 0 Å². The molecular weight excluding hydrogens is 408 g/mol. The molecule has 4 aliphatic carbocycles. The smallest absolute Gasteiger partial charge is 0.0865 e. The van der Waals surface area contributed by atoms with Crippen molar-refractivity contribution in [3.63, 3.8) is 0 Å². The molecule has 1 unspecified atom stereocenters. The standard InChI is InChI=1S/C30H52O3/c1-25(2)21-12-17-29(7)22(27(21,5)15-13-23(25)31)10-9-19-20(11-16-28(19,29)6)30(8)18-14-24(33-30)26(3,4)32/h19-24,31-32H,9-18H2,1-8H3/t19-,20+,21?,22-,23+,24-,27+,28+,29-,30+/m1/s1. The highest BCUT2D eigenvalue weighted by Gasteiger charge is 2.70. The molecule has 0 radical (unpaired) electrons. The Hall–Kier alpha value is -0.120. The molecule has 5 aliphatic rings. The maximum absolute atomic E-state index is 10.9. The van der Waals surface area contributed by atoms with E-state index in [1.54, 1.807) is 0 Å². The molecule has 1 heterocycles. The highest BCUT2D eigenvalue weighted by atomic mass is 16.5. The molecule has 33 heavy (non-hydrogen) atoms. The van der Waals surface area contributed by atoms with Crippen LogP contribution in [0.4, 0.5) is 0 Å². The van der Waals surface area contributed by atoms with E-state index in [0.717, 1.165) is 31.1 Å². The maximum atomic E-state index is 10.9. The molecule has 5 fully saturated rings. The first kappa shape index (κ1) is 24.6. The summed E-state index contributed by atoms with van der Waals surface area (Å²) in [6.07, 6.45) is 11.9. The second-order valence-corrected chi connectivity index (χ2v) is 15.3. The van der Waals surface area contributed by atoms with Crippen LogP contribution in [0.2, 0.25) is 0 Å². The van der Waals surface area contributed by atoms with Crippen molar-refractivity contribution in [3.8, 4) is 0 Å². The summed E-state index contributed by atoms with van der Waals surface area (Å²) >= 11 is 0. The monoisotopic (exact) mass is 460 g/mol. The second-order valence-electron chi connectivity index (χ2n) is 15.3. The van der Waals surface area contributed by atoms with E-state index in [1.807, 2.05) is 13.8 Å². The lowest BCUT2D eigenvalue weighted by molar-refractivity contribution is -0.227. The molecular formula is C30H52O3. The summed E-state index contributed by atoms with van der Waals surface area (Å²) in [5, 5.41) is 21.5. The van der Waals surface area contributed by atoms with E-state index in [1.165, 1.54) is 44.9 Å². The molecule has 3 heteroatoms. The van der Waals surface area contributed by atoms with Crippen molar-refractivity contribution in [2.75, 3.05) is 0 Å². The molecule has 0 aromatic carbocycles. The minimum atomic E-state index is -0.755. The zero-order valence-electron chi connectivity index (χ0n) is 22.8. The number of aliphatic hydroxyl groups excluding tert-OH is 1. The van der Waals surface area contributed by atoms with Gasteiger partial charge in [-0.05, 0) is 130 Å². The van der Waals surface area contributed by atoms with Crippen LogP contribution in [0.5, 0.6) is 0 Å². The van der Waals surface area contributed by atoms with E-state index in [4.69, 9.17) is 4.74 Å². The number of ether oxygens (including phenoxy) is 1. The third-order valence-electron chi connectivity index (χ3n) is 13.3. The predicted molar refractivity (Wildman–Crippen MR) is 134 cm³/mol. The molecule has 3 nitrogen and oxygen atoms in total. The third-order valence-corrected chi connectivity index (χ3v) is 13.3. The van der Waals surface area contributed by atoms with Crippen molar-refractivity contribution in [3.05, 3.63) is 0 Å². The summed E-state index contributed by atoms with van der Waals surface area (Å²) in [6.45, 7) is 18.8. The minimum absolute atomic E-state index is 0.0293. The molecule has 0 bridgehead atoms. The first-order valence-corrected chi connectivity index (χ1v) is 14.2. The Morgan fingerprint density at radius 3 is 2.00 bits per heavy atom. The van der Waals surface area contributed by atoms with Gasteiger partial charge < -0.3 is 14.9 Å². The van der Waals surface area contributed by atoms with Crippen molar-refractivity contribution in [2.24, 2.45) is 45.3 Å². The molecule has 5 rings (SSSR count). The molecule has 2 N–H and O–H groups in total. The van der Waals surface area contributed by atoms with E-state index in [0.29, 0.717) is 28.1 Å². The Kier molecular flexibility index (Phi) is 5.38. The third kappa shape index (κ3) is 3.16. The van der Waals surface area contributed by atoms with Gasteiger partial charge in [-0.2, -0.15) is 0 Å². The molecule has 0 amide bonds. The van der Waals surface area contributed by atoms with Gasteiger partial charge in [-0.1, -0.05) is 34.6 Å². The van der Waals surface area contributed by atoms with E-state index in [-0.39, 0.29) is 23.2 Å². The molecule has 0 spiro atoms. The van der Waals surface area contributed by atoms with Gasteiger partial charge in [-0.15, -0.1) is 0 Å². The number of aliphatic hydroxyl groups is 2. The summed E-state index contributed by atoms with van der Waals surface area (Å²) in [7, 11) is 0. The summed E-state index contributed by atoms with van der Waals surface area (Å²) < 4.78 is 6.73. The van der Waals surface area contributed by atoms with Crippen molar-refractivity contribution < 1.29 is 14.9 Å². The Morgan fingerprint density at radius 1 is 0.697 bits per heavy atom. The summed E-state index contributed by atoms with van der Waals surface area (Å²) in [5.41, 5.74) is 0.277. The summed E-state index contributed by atoms with van der Waals surface area (Å²) in [4.78, 5) is 0. The largest absolute Gasteiger partial charge is 0.393 e. The average Bonchev–Trinajstić information content (AvgIpc) is 3.27. The van der Waals surface area contributed by atoms with E-state index >= 15 is 0 Å². The van der Waals surface area contributed by atoms with Gasteiger partial charge >= 0.3 is 0 Å². The van der Waals surface area contributed by atoms with Gasteiger partial charge in [0.05, 0.1) is 23.4 Å². The molecule has 4 saturated carbocycles. The lowest BCUT2D eigenvalue weighted by atomic mass is 9.35. The van der Waals surface area contributed by atoms with E-state index in [9.17, 15) is 10.2 Å². The zero-order chi connectivity index (χ0) is 24.2. The highest BCUT2D eigenvalue weighted by Crippen LogP contribution is 2.76. The van der Waals surface area contributed by atoms with Crippen LogP contribution < -0.4 is 0 Å². The average molecular weight is 461 g/mol. The SMILES string of the molecule is CC(C)(O)[C@H]1CC[C@@](C)([C@H]2CC[C@@]3(C)[C@@H]2CC[C@@H]2[C@@]4(C)CC[C@H](O)C(C)(C)C4CC[C@]23C)O1. The minimum Gasteiger partial charge on any atom is -0.393 e. The van der Waals surface area contributed by atoms with Crippen LogP contribution in [0.1, 0.15) is 120 Å². The van der Waals surface area contributed by atoms with Gasteiger partial charge in [0.1, 0.15) is 0 Å². The number of hydrogen-bond acceptors (Lipinski definition) is 3. The molecule has 190 valence electrons. The van der Waals surface area contributed by atoms with Gasteiger partial charge in [-0.25, -0.2) is 0 Å². The Morgan fingerprint density at radius 2 is 1.36 bits per heavy atom. The van der Waals surface area contributed by atoms with Gasteiger partial charge in [0.15, 0.2) is 0 Å². The van der Waals surface area contributed by atoms with Crippen LogP contribution in [0.3, 0.4) is 0 Å². The van der Waals surface area contributed by atoms with Crippen molar-refractivity contribution in [2.45, 2.75) is 143 Å². The molecule has 1 saturated heterocycles. The van der Waals surface area contributed by atoms with E-state index < -0.39 is 5.60 Å². The fourth-order valence-electron chi connectivity index (χ4n) is 11.1. The van der Waals surface area contributed by atoms with Crippen LogP contribution in [0.15, 0.2) is 0 Å². The number of fused-ring (bicyclic) bond motifs is 5. The lowest BCUT2D eigenvalue weighted by Crippen LogP contribution is -2.64. The highest BCUT2D eigenvalue weighted by molar-refractivity contribution is 5.18. The normalized spacial score (nSPS) is 56.2. The Labute approximate surface area is 203 Å². The van der Waals surface area contributed by atoms with Gasteiger partial charge in [0.25, 0.3) is 0 Å². The fourth-order valence-corrected chi connectivity index (χ4v) is 11.1. The Balaban J connectivity index is 1.44. The van der Waals surface area contributed by atoms with Crippen molar-refractivity contribution in [1.29, 1.82) is 0 Å². The van der Waals surface area contributed by atoms with Crippen molar-refractivity contribution >= 4 is 0 Å². The van der Waals surface area contributed by atoms with Crippen LogP contribution in [0, 0.1) is 45.3 Å². The quantitative estimate of drug-likeness (QED) is 0.480. The molecule has 10 atom stereocenters. The first-order chi connectivity index (χ1) is 15.1. The van der Waals surface area contributed by atoms with E-state index in [2.05, 4.69) is 41.5 Å². The van der Waals surface area contributed by atoms with Crippen LogP contribution in [-0.2, 0) is 4.74 Å². The fraction of sp³-hybridized carbons (Fsp3) is 1.00. The van der Waals surface area contributed by atoms with Crippen LogP contribution in [0.25, 0.3) is 0 Å². The number of hydrogen-bond donors (Lipinski definition) is 2. The molecule has 0 aromatic rings. The van der Waals surface area contributed by atoms with Gasteiger partial charge in [0, 0.05) is 0 Å². The molecule has 0 aromatic heterocycles. The second kappa shape index (κ2) is 7.22. The maximum Gasteiger partial charge on any atom is 0.0865 e. The van der Waals surface area contributed by atoms with Crippen molar-refractivity contribution in [1.82, 2.24) is 0 Å². The summed E-state index contributed by atoms with van der Waals surface area (Å²) in [6, 6.07) is 0. The topological polar surface area (TPSA) is 49.7 Å². The van der Waals surface area contributed by atoms with Crippen LogP contribution >= 0.6 is 0 Å². The first-order valence-electron chi connectivity index (χ1n) is 14.2. The lowest BCUT2D eigenvalue weighted by Gasteiger charge is -2.70. The van der Waals surface area contributed by atoms with Crippen LogP contribution in [-0.4, -0.2) is 33.6 Å². The molecule has 1 aliphatic heterocycles. The summed E-state index contributed by atoms with van der Waals surface area (Å²) in [5.74, 6) is 2.73. The predicted octanol–water partition coefficient (Wildman–Crippen LogP) is 6.74.